The fraction of sp³-hybridized carbons (Fsp3) is 0.688. The second-order valence-corrected chi connectivity index (χ2v) is 6.46. The molecule has 2 rings (SSSR count). The number of anilines is 1. The zero-order valence-electron chi connectivity index (χ0n) is 12.5. The van der Waals surface area contributed by atoms with Crippen LogP contribution in [-0.2, 0) is 5.88 Å². The monoisotopic (exact) mass is 280 g/mol. The molecule has 0 bridgehead atoms. The summed E-state index contributed by atoms with van der Waals surface area (Å²) < 4.78 is 0. The van der Waals surface area contributed by atoms with E-state index in [1.54, 1.807) is 0 Å². The number of halogens is 1. The van der Waals surface area contributed by atoms with E-state index >= 15 is 0 Å². The Bertz CT molecular complexity index is 429. The summed E-state index contributed by atoms with van der Waals surface area (Å²) in [5, 5.41) is 0. The Morgan fingerprint density at radius 3 is 2.63 bits per heavy atom. The topological polar surface area (TPSA) is 16.1 Å². The van der Waals surface area contributed by atoms with Crippen LogP contribution in [0.4, 0.5) is 5.82 Å². The van der Waals surface area contributed by atoms with Crippen molar-refractivity contribution in [2.24, 2.45) is 5.92 Å². The van der Waals surface area contributed by atoms with Gasteiger partial charge in [0.05, 0.1) is 0 Å². The summed E-state index contributed by atoms with van der Waals surface area (Å²) in [6, 6.07) is 4.93. The number of rotatable bonds is 4. The lowest BCUT2D eigenvalue weighted by Gasteiger charge is -2.29. The maximum Gasteiger partial charge on any atom is 0.129 e. The van der Waals surface area contributed by atoms with Gasteiger partial charge in [-0.2, -0.15) is 0 Å². The number of nitrogens with zero attached hydrogens (tertiary/aromatic N) is 2. The third kappa shape index (κ3) is 3.22. The van der Waals surface area contributed by atoms with Crippen LogP contribution in [0.5, 0.6) is 0 Å². The molecule has 1 saturated heterocycles. The van der Waals surface area contributed by atoms with E-state index < -0.39 is 0 Å². The second-order valence-electron chi connectivity index (χ2n) is 6.19. The summed E-state index contributed by atoms with van der Waals surface area (Å²) in [6.45, 7) is 10.1. The Kier molecular flexibility index (Phi) is 4.72. The SMILES string of the molecule is CC(C)c1cc(CCl)cc(N2CCCC2C(C)C)n1. The second kappa shape index (κ2) is 6.13. The number of hydrogen-bond acceptors (Lipinski definition) is 2. The highest BCUT2D eigenvalue weighted by Crippen LogP contribution is 2.30. The molecule has 0 amide bonds. The highest BCUT2D eigenvalue weighted by molar-refractivity contribution is 6.17. The first-order chi connectivity index (χ1) is 9.02. The number of pyridine rings is 1. The van der Waals surface area contributed by atoms with E-state index in [4.69, 9.17) is 16.6 Å². The molecule has 1 atom stereocenters. The van der Waals surface area contributed by atoms with E-state index in [9.17, 15) is 0 Å². The molecular formula is C16H25ClN2. The lowest BCUT2D eigenvalue weighted by Crippen LogP contribution is -2.34. The first-order valence-corrected chi connectivity index (χ1v) is 7.89. The van der Waals surface area contributed by atoms with E-state index in [2.05, 4.69) is 44.7 Å². The Balaban J connectivity index is 2.35. The number of aromatic nitrogens is 1. The van der Waals surface area contributed by atoms with E-state index in [1.807, 2.05) is 0 Å². The molecule has 0 radical (unpaired) electrons. The van der Waals surface area contributed by atoms with E-state index in [-0.39, 0.29) is 0 Å². The van der Waals surface area contributed by atoms with E-state index in [0.29, 0.717) is 23.8 Å². The summed E-state index contributed by atoms with van der Waals surface area (Å²) >= 11 is 6.03. The van der Waals surface area contributed by atoms with Crippen molar-refractivity contribution in [2.75, 3.05) is 11.4 Å². The largest absolute Gasteiger partial charge is 0.353 e. The smallest absolute Gasteiger partial charge is 0.129 e. The average Bonchev–Trinajstić information content (AvgIpc) is 2.87. The molecule has 1 aromatic rings. The average molecular weight is 281 g/mol. The van der Waals surface area contributed by atoms with Crippen LogP contribution >= 0.6 is 11.6 Å². The zero-order valence-corrected chi connectivity index (χ0v) is 13.2. The molecule has 1 fully saturated rings. The Morgan fingerprint density at radius 2 is 2.05 bits per heavy atom. The van der Waals surface area contributed by atoms with Gasteiger partial charge in [-0.05, 0) is 42.4 Å². The highest BCUT2D eigenvalue weighted by Gasteiger charge is 2.28. The zero-order chi connectivity index (χ0) is 14.0. The molecule has 1 aliphatic heterocycles. The number of hydrogen-bond donors (Lipinski definition) is 0. The van der Waals surface area contributed by atoms with Crippen molar-refractivity contribution in [1.29, 1.82) is 0 Å². The van der Waals surface area contributed by atoms with Crippen LogP contribution in [0.2, 0.25) is 0 Å². The molecule has 2 nitrogen and oxygen atoms in total. The molecule has 0 aliphatic carbocycles. The van der Waals surface area contributed by atoms with Gasteiger partial charge in [0.1, 0.15) is 5.82 Å². The van der Waals surface area contributed by atoms with Gasteiger partial charge < -0.3 is 4.90 Å². The minimum Gasteiger partial charge on any atom is -0.353 e. The van der Waals surface area contributed by atoms with Crippen LogP contribution < -0.4 is 4.90 Å². The van der Waals surface area contributed by atoms with Crippen molar-refractivity contribution in [3.8, 4) is 0 Å². The minimum absolute atomic E-state index is 0.446. The highest BCUT2D eigenvalue weighted by atomic mass is 35.5. The van der Waals surface area contributed by atoms with Gasteiger partial charge in [0.15, 0.2) is 0 Å². The molecule has 3 heteroatoms. The molecule has 0 N–H and O–H groups in total. The van der Waals surface area contributed by atoms with Gasteiger partial charge in [-0.3, -0.25) is 0 Å². The molecule has 1 aromatic heterocycles. The Labute approximate surface area is 122 Å². The predicted octanol–water partition coefficient (Wildman–Crippen LogP) is 4.57. The van der Waals surface area contributed by atoms with Crippen LogP contribution in [0.25, 0.3) is 0 Å². The lowest BCUT2D eigenvalue weighted by atomic mass is 10.0. The molecule has 1 aliphatic rings. The van der Waals surface area contributed by atoms with Crippen molar-refractivity contribution in [3.63, 3.8) is 0 Å². The summed E-state index contributed by atoms with van der Waals surface area (Å²) in [5.41, 5.74) is 2.34. The van der Waals surface area contributed by atoms with Gasteiger partial charge >= 0.3 is 0 Å². The van der Waals surface area contributed by atoms with E-state index in [0.717, 1.165) is 18.1 Å². The molecule has 0 spiro atoms. The first-order valence-electron chi connectivity index (χ1n) is 7.36. The summed E-state index contributed by atoms with van der Waals surface area (Å²) in [4.78, 5) is 7.34. The molecule has 2 heterocycles. The molecule has 0 saturated carbocycles. The van der Waals surface area contributed by atoms with Crippen molar-refractivity contribution < 1.29 is 0 Å². The van der Waals surface area contributed by atoms with Crippen LogP contribution in [0, 0.1) is 5.92 Å². The van der Waals surface area contributed by atoms with Gasteiger partial charge in [0.25, 0.3) is 0 Å². The summed E-state index contributed by atoms with van der Waals surface area (Å²) in [5.74, 6) is 2.81. The molecular weight excluding hydrogens is 256 g/mol. The number of alkyl halides is 1. The normalized spacial score (nSPS) is 19.7. The third-order valence-electron chi connectivity index (χ3n) is 4.00. The van der Waals surface area contributed by atoms with Crippen molar-refractivity contribution in [1.82, 2.24) is 4.98 Å². The van der Waals surface area contributed by atoms with Gasteiger partial charge in [-0.1, -0.05) is 27.7 Å². The third-order valence-corrected chi connectivity index (χ3v) is 4.31. The fourth-order valence-electron chi connectivity index (χ4n) is 2.88. The summed E-state index contributed by atoms with van der Waals surface area (Å²) in [7, 11) is 0. The quantitative estimate of drug-likeness (QED) is 0.751. The van der Waals surface area contributed by atoms with Gasteiger partial charge in [0.2, 0.25) is 0 Å². The minimum atomic E-state index is 0.446. The fourth-order valence-corrected chi connectivity index (χ4v) is 3.04. The van der Waals surface area contributed by atoms with E-state index in [1.165, 1.54) is 18.4 Å². The van der Waals surface area contributed by atoms with Crippen molar-refractivity contribution in [2.45, 2.75) is 58.4 Å². The first kappa shape index (κ1) is 14.6. The molecule has 106 valence electrons. The van der Waals surface area contributed by atoms with Gasteiger partial charge in [-0.25, -0.2) is 4.98 Å². The van der Waals surface area contributed by atoms with Crippen molar-refractivity contribution >= 4 is 17.4 Å². The predicted molar refractivity (Wildman–Crippen MR) is 83.1 cm³/mol. The van der Waals surface area contributed by atoms with Crippen LogP contribution in [0.3, 0.4) is 0 Å². The Morgan fingerprint density at radius 1 is 1.32 bits per heavy atom. The van der Waals surface area contributed by atoms with Crippen molar-refractivity contribution in [3.05, 3.63) is 23.4 Å². The lowest BCUT2D eigenvalue weighted by molar-refractivity contribution is 0.489. The molecule has 0 aromatic carbocycles. The van der Waals surface area contributed by atoms with Gasteiger partial charge in [-0.15, -0.1) is 11.6 Å². The van der Waals surface area contributed by atoms with Gasteiger partial charge in [0, 0.05) is 24.2 Å². The molecule has 19 heavy (non-hydrogen) atoms. The standard InChI is InChI=1S/C16H25ClN2/c1-11(2)14-8-13(10-17)9-16(18-14)19-7-5-6-15(19)12(3)4/h8-9,11-12,15H,5-7,10H2,1-4H3. The summed E-state index contributed by atoms with van der Waals surface area (Å²) in [6.07, 6.45) is 2.55. The van der Waals surface area contributed by atoms with Crippen LogP contribution in [0.15, 0.2) is 12.1 Å². The van der Waals surface area contributed by atoms with Crippen LogP contribution in [-0.4, -0.2) is 17.6 Å². The van der Waals surface area contributed by atoms with Crippen LogP contribution in [0.1, 0.15) is 57.7 Å². The maximum atomic E-state index is 6.03. The molecule has 1 unspecified atom stereocenters. The maximum absolute atomic E-state index is 6.03. The Hall–Kier alpha value is -0.760.